The van der Waals surface area contributed by atoms with Gasteiger partial charge in [0.15, 0.2) is 6.79 Å². The average molecular weight is 370 g/mol. The van der Waals surface area contributed by atoms with Crippen LogP contribution in [0.2, 0.25) is 0 Å². The van der Waals surface area contributed by atoms with Crippen LogP contribution in [0, 0.1) is 17.1 Å². The van der Waals surface area contributed by atoms with Gasteiger partial charge in [-0.05, 0) is 54.8 Å². The molecule has 0 bridgehead atoms. The van der Waals surface area contributed by atoms with Gasteiger partial charge < -0.3 is 19.5 Å². The summed E-state index contributed by atoms with van der Waals surface area (Å²) in [6.45, 7) is 2.53. The number of hydrogen-bond donors (Lipinski definition) is 1. The third-order valence-electron chi connectivity index (χ3n) is 4.25. The first kappa shape index (κ1) is 19.2. The molecule has 0 saturated carbocycles. The van der Waals surface area contributed by atoms with Crippen LogP contribution >= 0.6 is 0 Å². The maximum Gasteiger partial charge on any atom is 0.189 e. The molecular formula is C21H23FN2O3. The number of rotatable bonds is 9. The third-order valence-corrected chi connectivity index (χ3v) is 4.25. The van der Waals surface area contributed by atoms with Gasteiger partial charge in [0, 0.05) is 18.5 Å². The van der Waals surface area contributed by atoms with E-state index < -0.39 is 0 Å². The molecule has 2 aromatic carbocycles. The van der Waals surface area contributed by atoms with Gasteiger partial charge in [0.05, 0.1) is 19.3 Å². The van der Waals surface area contributed by atoms with Gasteiger partial charge in [-0.15, -0.1) is 0 Å². The molecule has 0 atom stereocenters. The van der Waals surface area contributed by atoms with E-state index in [1.807, 2.05) is 24.3 Å². The standard InChI is InChI=1S/C21H23FN2O3/c22-19-11-17(21-18(12-19)14-25-15-27-21)6-8-24-13-16-4-3-5-20(10-16)26-9-2-1-7-23/h3-5,10-12,24H,1-2,6,8-9,13-15H2. The molecule has 142 valence electrons. The van der Waals surface area contributed by atoms with Crippen LogP contribution in [0.3, 0.4) is 0 Å². The summed E-state index contributed by atoms with van der Waals surface area (Å²) in [4.78, 5) is 0. The smallest absolute Gasteiger partial charge is 0.189 e. The monoisotopic (exact) mass is 370 g/mol. The van der Waals surface area contributed by atoms with Crippen molar-refractivity contribution in [2.75, 3.05) is 19.9 Å². The molecule has 0 unspecified atom stereocenters. The molecule has 0 fully saturated rings. The van der Waals surface area contributed by atoms with Gasteiger partial charge in [0.25, 0.3) is 0 Å². The minimum absolute atomic E-state index is 0.209. The van der Waals surface area contributed by atoms with E-state index in [0.29, 0.717) is 39.1 Å². The predicted molar refractivity (Wildman–Crippen MR) is 98.9 cm³/mol. The number of nitrogens with one attached hydrogen (secondary N) is 1. The van der Waals surface area contributed by atoms with Crippen LogP contribution in [0.5, 0.6) is 11.5 Å². The van der Waals surface area contributed by atoms with Gasteiger partial charge in [-0.25, -0.2) is 4.39 Å². The quantitative estimate of drug-likeness (QED) is 0.682. The van der Waals surface area contributed by atoms with Crippen molar-refractivity contribution in [2.45, 2.75) is 32.4 Å². The molecule has 0 radical (unpaired) electrons. The van der Waals surface area contributed by atoms with E-state index in [-0.39, 0.29) is 12.6 Å². The molecule has 0 spiro atoms. The highest BCUT2D eigenvalue weighted by Crippen LogP contribution is 2.29. The fourth-order valence-corrected chi connectivity index (χ4v) is 2.98. The second-order valence-corrected chi connectivity index (χ2v) is 6.35. The highest BCUT2D eigenvalue weighted by molar-refractivity contribution is 5.42. The zero-order valence-electron chi connectivity index (χ0n) is 15.2. The summed E-state index contributed by atoms with van der Waals surface area (Å²) in [6, 6.07) is 13.0. The first-order valence-electron chi connectivity index (χ1n) is 9.07. The first-order chi connectivity index (χ1) is 13.3. The Labute approximate surface area is 158 Å². The molecule has 1 aliphatic heterocycles. The Kier molecular flexibility index (Phi) is 7.03. The van der Waals surface area contributed by atoms with Crippen molar-refractivity contribution in [1.82, 2.24) is 5.32 Å². The van der Waals surface area contributed by atoms with Crippen LogP contribution in [0.25, 0.3) is 0 Å². The van der Waals surface area contributed by atoms with Gasteiger partial charge in [-0.3, -0.25) is 0 Å². The van der Waals surface area contributed by atoms with Gasteiger partial charge in [-0.1, -0.05) is 12.1 Å². The number of halogens is 1. The highest BCUT2D eigenvalue weighted by atomic mass is 19.1. The predicted octanol–water partition coefficient (Wildman–Crippen LogP) is 3.71. The molecule has 1 aliphatic rings. The number of benzene rings is 2. The van der Waals surface area contributed by atoms with Crippen molar-refractivity contribution >= 4 is 0 Å². The van der Waals surface area contributed by atoms with Crippen LogP contribution < -0.4 is 14.8 Å². The van der Waals surface area contributed by atoms with Crippen molar-refractivity contribution in [3.05, 3.63) is 58.9 Å². The maximum absolute atomic E-state index is 13.8. The zero-order chi connectivity index (χ0) is 18.9. The molecule has 27 heavy (non-hydrogen) atoms. The Morgan fingerprint density at radius 2 is 2.19 bits per heavy atom. The lowest BCUT2D eigenvalue weighted by Gasteiger charge is -2.21. The molecule has 2 aromatic rings. The first-order valence-corrected chi connectivity index (χ1v) is 9.07. The second kappa shape index (κ2) is 9.91. The normalized spacial score (nSPS) is 12.7. The Morgan fingerprint density at radius 1 is 1.26 bits per heavy atom. The van der Waals surface area contributed by atoms with Crippen LogP contribution in [0.4, 0.5) is 4.39 Å². The number of nitriles is 1. The van der Waals surface area contributed by atoms with E-state index in [0.717, 1.165) is 34.6 Å². The summed E-state index contributed by atoms with van der Waals surface area (Å²) in [5, 5.41) is 11.9. The Balaban J connectivity index is 1.48. The summed E-state index contributed by atoms with van der Waals surface area (Å²) in [6.07, 6.45) is 1.90. The summed E-state index contributed by atoms with van der Waals surface area (Å²) >= 11 is 0. The van der Waals surface area contributed by atoms with Crippen molar-refractivity contribution < 1.29 is 18.6 Å². The fraction of sp³-hybridized carbons (Fsp3) is 0.381. The lowest BCUT2D eigenvalue weighted by Crippen LogP contribution is -2.19. The number of nitrogens with zero attached hydrogens (tertiary/aromatic N) is 1. The zero-order valence-corrected chi connectivity index (χ0v) is 15.2. The van der Waals surface area contributed by atoms with Crippen molar-refractivity contribution in [1.29, 1.82) is 5.26 Å². The summed E-state index contributed by atoms with van der Waals surface area (Å²) in [5.41, 5.74) is 2.73. The summed E-state index contributed by atoms with van der Waals surface area (Å²) in [5.74, 6) is 1.29. The van der Waals surface area contributed by atoms with Gasteiger partial charge >= 0.3 is 0 Å². The van der Waals surface area contributed by atoms with Crippen molar-refractivity contribution in [3.8, 4) is 17.6 Å². The van der Waals surface area contributed by atoms with Gasteiger partial charge in [-0.2, -0.15) is 5.26 Å². The molecule has 1 heterocycles. The molecule has 0 amide bonds. The molecule has 1 N–H and O–H groups in total. The van der Waals surface area contributed by atoms with Gasteiger partial charge in [0.2, 0.25) is 0 Å². The number of ether oxygens (including phenoxy) is 3. The minimum Gasteiger partial charge on any atom is -0.494 e. The second-order valence-electron chi connectivity index (χ2n) is 6.35. The van der Waals surface area contributed by atoms with E-state index in [2.05, 4.69) is 11.4 Å². The van der Waals surface area contributed by atoms with E-state index in [1.54, 1.807) is 0 Å². The molecular weight excluding hydrogens is 347 g/mol. The average Bonchev–Trinajstić information content (AvgIpc) is 2.69. The number of hydrogen-bond acceptors (Lipinski definition) is 5. The van der Waals surface area contributed by atoms with Crippen LogP contribution in [0.15, 0.2) is 36.4 Å². The lowest BCUT2D eigenvalue weighted by molar-refractivity contribution is -0.0172. The van der Waals surface area contributed by atoms with E-state index in [1.165, 1.54) is 12.1 Å². The van der Waals surface area contributed by atoms with E-state index in [9.17, 15) is 4.39 Å². The maximum atomic E-state index is 13.8. The Morgan fingerprint density at radius 3 is 3.07 bits per heavy atom. The number of fused-ring (bicyclic) bond motifs is 1. The van der Waals surface area contributed by atoms with Crippen molar-refractivity contribution in [3.63, 3.8) is 0 Å². The highest BCUT2D eigenvalue weighted by Gasteiger charge is 2.16. The van der Waals surface area contributed by atoms with Crippen LogP contribution in [0.1, 0.15) is 29.5 Å². The van der Waals surface area contributed by atoms with Crippen LogP contribution in [-0.4, -0.2) is 19.9 Å². The Hall–Kier alpha value is -2.62. The molecule has 0 aliphatic carbocycles. The van der Waals surface area contributed by atoms with Crippen molar-refractivity contribution in [2.24, 2.45) is 0 Å². The molecule has 6 heteroatoms. The van der Waals surface area contributed by atoms with E-state index >= 15 is 0 Å². The summed E-state index contributed by atoms with van der Waals surface area (Å²) < 4.78 is 30.2. The topological polar surface area (TPSA) is 63.5 Å². The largest absolute Gasteiger partial charge is 0.494 e. The number of unbranched alkanes of at least 4 members (excludes halogenated alkanes) is 1. The third kappa shape index (κ3) is 5.68. The van der Waals surface area contributed by atoms with Crippen LogP contribution in [-0.2, 0) is 24.3 Å². The SMILES string of the molecule is N#CCCCOc1cccc(CNCCc2cc(F)cc3c2OCOC3)c1. The molecule has 3 rings (SSSR count). The molecule has 5 nitrogen and oxygen atoms in total. The molecule has 0 aromatic heterocycles. The minimum atomic E-state index is -0.265. The lowest BCUT2D eigenvalue weighted by atomic mass is 10.1. The summed E-state index contributed by atoms with van der Waals surface area (Å²) in [7, 11) is 0. The Bertz CT molecular complexity index is 804. The molecule has 0 saturated heterocycles. The van der Waals surface area contributed by atoms with Gasteiger partial charge in [0.1, 0.15) is 17.3 Å². The fourth-order valence-electron chi connectivity index (χ4n) is 2.98. The van der Waals surface area contributed by atoms with E-state index in [4.69, 9.17) is 19.5 Å².